The number of rotatable bonds is 6. The number of allylic oxidation sites excluding steroid dienone is 1. The molecule has 0 bridgehead atoms. The summed E-state index contributed by atoms with van der Waals surface area (Å²) in [6.45, 7) is 3.42. The zero-order valence-electron chi connectivity index (χ0n) is 10.1. The maximum absolute atomic E-state index is 6.01. The van der Waals surface area contributed by atoms with E-state index in [0.717, 1.165) is 22.9 Å². The summed E-state index contributed by atoms with van der Waals surface area (Å²) in [5.74, 6) is 0.917. The third kappa shape index (κ3) is 4.06. The van der Waals surface area contributed by atoms with Crippen molar-refractivity contribution < 1.29 is 4.74 Å². The summed E-state index contributed by atoms with van der Waals surface area (Å²) in [5, 5.41) is 4.23. The van der Waals surface area contributed by atoms with Gasteiger partial charge in [0.2, 0.25) is 0 Å². The molecule has 1 saturated carbocycles. The van der Waals surface area contributed by atoms with Gasteiger partial charge in [-0.05, 0) is 38.0 Å². The van der Waals surface area contributed by atoms with E-state index < -0.39 is 0 Å². The van der Waals surface area contributed by atoms with Gasteiger partial charge in [0, 0.05) is 23.2 Å². The predicted molar refractivity (Wildman–Crippen MR) is 71.6 cm³/mol. The predicted octanol–water partition coefficient (Wildman–Crippen LogP) is 3.55. The van der Waals surface area contributed by atoms with Crippen LogP contribution in [0.4, 0.5) is 0 Å². The van der Waals surface area contributed by atoms with Crippen LogP contribution in [-0.4, -0.2) is 12.6 Å². The fourth-order valence-corrected chi connectivity index (χ4v) is 1.80. The van der Waals surface area contributed by atoms with E-state index >= 15 is 0 Å². The van der Waals surface area contributed by atoms with Crippen LogP contribution >= 0.6 is 11.6 Å². The van der Waals surface area contributed by atoms with Gasteiger partial charge in [-0.15, -0.1) is 0 Å². The third-order valence-electron chi connectivity index (χ3n) is 2.75. The van der Waals surface area contributed by atoms with E-state index in [1.54, 1.807) is 0 Å². The highest BCUT2D eigenvalue weighted by Crippen LogP contribution is 2.25. The monoisotopic (exact) mass is 251 g/mol. The molecule has 0 radical (unpaired) electrons. The topological polar surface area (TPSA) is 21.3 Å². The minimum absolute atomic E-state index is 0.606. The molecule has 2 rings (SSSR count). The average Bonchev–Trinajstić information content (AvgIpc) is 3.13. The van der Waals surface area contributed by atoms with Gasteiger partial charge in [0.15, 0.2) is 0 Å². The molecule has 0 heterocycles. The molecule has 0 aromatic heterocycles. The number of benzene rings is 1. The number of hydrogen-bond donors (Lipinski definition) is 1. The number of ether oxygens (including phenoxy) is 1. The molecule has 1 N–H and O–H groups in total. The Labute approximate surface area is 108 Å². The smallest absolute Gasteiger partial charge is 0.124 e. The van der Waals surface area contributed by atoms with E-state index in [0.29, 0.717) is 12.6 Å². The zero-order valence-corrected chi connectivity index (χ0v) is 10.8. The van der Waals surface area contributed by atoms with Crippen molar-refractivity contribution in [1.82, 2.24) is 5.32 Å². The number of nitrogens with one attached hydrogen (secondary N) is 1. The average molecular weight is 252 g/mol. The van der Waals surface area contributed by atoms with Crippen molar-refractivity contribution >= 4 is 11.6 Å². The highest BCUT2D eigenvalue weighted by atomic mass is 35.5. The summed E-state index contributed by atoms with van der Waals surface area (Å²) in [6, 6.07) is 6.47. The molecule has 0 atom stereocenters. The summed E-state index contributed by atoms with van der Waals surface area (Å²) in [4.78, 5) is 0. The van der Waals surface area contributed by atoms with E-state index in [9.17, 15) is 0 Å². The molecule has 3 heteroatoms. The minimum Gasteiger partial charge on any atom is -0.489 e. The molecule has 17 heavy (non-hydrogen) atoms. The molecule has 1 aromatic rings. The Hall–Kier alpha value is -0.990. The van der Waals surface area contributed by atoms with E-state index in [1.165, 1.54) is 12.8 Å². The second-order valence-electron chi connectivity index (χ2n) is 4.29. The van der Waals surface area contributed by atoms with Gasteiger partial charge >= 0.3 is 0 Å². The molecule has 1 aromatic carbocycles. The van der Waals surface area contributed by atoms with E-state index in [1.807, 2.05) is 37.3 Å². The largest absolute Gasteiger partial charge is 0.489 e. The van der Waals surface area contributed by atoms with Gasteiger partial charge in [-0.3, -0.25) is 0 Å². The summed E-state index contributed by atoms with van der Waals surface area (Å²) in [5.41, 5.74) is 1.13. The second-order valence-corrected chi connectivity index (χ2v) is 4.72. The molecule has 0 unspecified atom stereocenters. The van der Waals surface area contributed by atoms with Gasteiger partial charge < -0.3 is 10.1 Å². The first-order valence-electron chi connectivity index (χ1n) is 6.05. The SMILES string of the molecule is C/C=C/COc1ccc(Cl)cc1CNC1CC1. The van der Waals surface area contributed by atoms with Gasteiger partial charge in [0.25, 0.3) is 0 Å². The van der Waals surface area contributed by atoms with Gasteiger partial charge in [0.1, 0.15) is 12.4 Å². The fraction of sp³-hybridized carbons (Fsp3) is 0.429. The summed E-state index contributed by atoms with van der Waals surface area (Å²) in [7, 11) is 0. The van der Waals surface area contributed by atoms with Gasteiger partial charge in [0.05, 0.1) is 0 Å². The molecular formula is C14H18ClNO. The normalized spacial score (nSPS) is 15.4. The van der Waals surface area contributed by atoms with Gasteiger partial charge in [-0.25, -0.2) is 0 Å². The van der Waals surface area contributed by atoms with Crippen LogP contribution in [-0.2, 0) is 6.54 Å². The van der Waals surface area contributed by atoms with E-state index in [4.69, 9.17) is 16.3 Å². The first-order valence-corrected chi connectivity index (χ1v) is 6.43. The van der Waals surface area contributed by atoms with E-state index in [2.05, 4.69) is 5.32 Å². The molecule has 1 aliphatic rings. The standard InChI is InChI=1S/C14H18ClNO/c1-2-3-8-17-14-7-4-12(15)9-11(14)10-16-13-5-6-13/h2-4,7,9,13,16H,5-6,8,10H2,1H3/b3-2+. The first kappa shape index (κ1) is 12.5. The van der Waals surface area contributed by atoms with E-state index in [-0.39, 0.29) is 0 Å². The lowest BCUT2D eigenvalue weighted by atomic mass is 10.2. The molecule has 92 valence electrons. The lowest BCUT2D eigenvalue weighted by molar-refractivity contribution is 0.357. The Morgan fingerprint density at radius 3 is 3.00 bits per heavy atom. The van der Waals surface area contributed by atoms with Crippen molar-refractivity contribution in [2.45, 2.75) is 32.4 Å². The Kier molecular flexibility index (Phi) is 4.46. The van der Waals surface area contributed by atoms with Crippen molar-refractivity contribution in [2.75, 3.05) is 6.61 Å². The Morgan fingerprint density at radius 1 is 1.47 bits per heavy atom. The molecule has 1 fully saturated rings. The van der Waals surface area contributed by atoms with Crippen LogP contribution in [0.3, 0.4) is 0 Å². The van der Waals surface area contributed by atoms with Crippen molar-refractivity contribution in [3.63, 3.8) is 0 Å². The molecule has 0 amide bonds. The van der Waals surface area contributed by atoms with Crippen LogP contribution in [0.15, 0.2) is 30.4 Å². The van der Waals surface area contributed by atoms with Crippen molar-refractivity contribution in [3.05, 3.63) is 40.9 Å². The number of halogens is 1. The Balaban J connectivity index is 2.00. The zero-order chi connectivity index (χ0) is 12.1. The Bertz CT molecular complexity index is 399. The third-order valence-corrected chi connectivity index (χ3v) is 2.99. The molecule has 0 aliphatic heterocycles. The first-order chi connectivity index (χ1) is 8.29. The summed E-state index contributed by atoms with van der Waals surface area (Å²) >= 11 is 6.01. The molecule has 2 nitrogen and oxygen atoms in total. The summed E-state index contributed by atoms with van der Waals surface area (Å²) < 4.78 is 5.70. The molecule has 0 spiro atoms. The highest BCUT2D eigenvalue weighted by molar-refractivity contribution is 6.30. The maximum Gasteiger partial charge on any atom is 0.124 e. The maximum atomic E-state index is 6.01. The van der Waals surface area contributed by atoms with Crippen LogP contribution in [0.25, 0.3) is 0 Å². The van der Waals surface area contributed by atoms with Crippen molar-refractivity contribution in [3.8, 4) is 5.75 Å². The van der Waals surface area contributed by atoms with Crippen LogP contribution < -0.4 is 10.1 Å². The lowest BCUT2D eigenvalue weighted by Crippen LogP contribution is -2.16. The molecule has 0 saturated heterocycles. The Morgan fingerprint density at radius 2 is 2.29 bits per heavy atom. The van der Waals surface area contributed by atoms with Crippen molar-refractivity contribution in [2.24, 2.45) is 0 Å². The molecule has 1 aliphatic carbocycles. The second kappa shape index (κ2) is 6.08. The van der Waals surface area contributed by atoms with Gasteiger partial charge in [-0.1, -0.05) is 23.8 Å². The van der Waals surface area contributed by atoms with Crippen molar-refractivity contribution in [1.29, 1.82) is 0 Å². The van der Waals surface area contributed by atoms with Crippen LogP contribution in [0.5, 0.6) is 5.75 Å². The lowest BCUT2D eigenvalue weighted by Gasteiger charge is -2.11. The molecular weight excluding hydrogens is 234 g/mol. The number of hydrogen-bond acceptors (Lipinski definition) is 2. The van der Waals surface area contributed by atoms with Crippen LogP contribution in [0.1, 0.15) is 25.3 Å². The summed E-state index contributed by atoms with van der Waals surface area (Å²) in [6.07, 6.45) is 6.55. The fourth-order valence-electron chi connectivity index (χ4n) is 1.60. The minimum atomic E-state index is 0.606. The van der Waals surface area contributed by atoms with Gasteiger partial charge in [-0.2, -0.15) is 0 Å². The highest BCUT2D eigenvalue weighted by Gasteiger charge is 2.20. The quantitative estimate of drug-likeness (QED) is 0.781. The van der Waals surface area contributed by atoms with Crippen LogP contribution in [0.2, 0.25) is 5.02 Å². The van der Waals surface area contributed by atoms with Crippen LogP contribution in [0, 0.1) is 0 Å².